The zero-order valence-corrected chi connectivity index (χ0v) is 13.9. The van der Waals surface area contributed by atoms with Crippen LogP contribution >= 0.6 is 0 Å². The molecule has 0 spiro atoms. The van der Waals surface area contributed by atoms with Crippen molar-refractivity contribution in [1.82, 2.24) is 10.2 Å². The average Bonchev–Trinajstić information content (AvgIpc) is 2.54. The summed E-state index contributed by atoms with van der Waals surface area (Å²) in [6.45, 7) is 4.35. The molecule has 5 nitrogen and oxygen atoms in total. The van der Waals surface area contributed by atoms with Gasteiger partial charge in [0.05, 0.1) is 6.10 Å². The lowest BCUT2D eigenvalue weighted by Gasteiger charge is -2.35. The van der Waals surface area contributed by atoms with E-state index in [2.05, 4.69) is 10.2 Å². The van der Waals surface area contributed by atoms with Gasteiger partial charge in [0.1, 0.15) is 0 Å². The van der Waals surface area contributed by atoms with Gasteiger partial charge in [-0.1, -0.05) is 19.3 Å². The number of carbonyl (C=O) groups is 1. The fourth-order valence-corrected chi connectivity index (χ4v) is 3.83. The number of nitrogens with zero attached hydrogens (tertiary/aromatic N) is 1. The van der Waals surface area contributed by atoms with Gasteiger partial charge in [0.25, 0.3) is 0 Å². The second-order valence-corrected chi connectivity index (χ2v) is 7.22. The minimum absolute atomic E-state index is 0.0609. The van der Waals surface area contributed by atoms with E-state index in [1.165, 1.54) is 19.3 Å². The van der Waals surface area contributed by atoms with Crippen LogP contribution in [0.2, 0.25) is 0 Å². The quantitative estimate of drug-likeness (QED) is 0.618. The third kappa shape index (κ3) is 5.52. The first-order valence-electron chi connectivity index (χ1n) is 9.01. The molecule has 0 radical (unpaired) electrons. The summed E-state index contributed by atoms with van der Waals surface area (Å²) in [5, 5.41) is 12.5. The highest BCUT2D eigenvalue weighted by Gasteiger charge is 2.32. The van der Waals surface area contributed by atoms with Crippen LogP contribution in [0.4, 0.5) is 0 Å². The number of rotatable bonds is 7. The summed E-state index contributed by atoms with van der Waals surface area (Å²) in [6, 6.07) is 0. The van der Waals surface area contributed by atoms with E-state index in [4.69, 9.17) is 5.73 Å². The second kappa shape index (κ2) is 8.85. The van der Waals surface area contributed by atoms with Crippen molar-refractivity contribution in [2.75, 3.05) is 32.7 Å². The third-order valence-corrected chi connectivity index (χ3v) is 5.41. The van der Waals surface area contributed by atoms with Gasteiger partial charge in [-0.2, -0.15) is 0 Å². The number of amides is 1. The Labute approximate surface area is 134 Å². The summed E-state index contributed by atoms with van der Waals surface area (Å²) in [7, 11) is 0. The molecular formula is C17H33N3O2. The number of hydrogen-bond donors (Lipinski definition) is 3. The van der Waals surface area contributed by atoms with E-state index in [-0.39, 0.29) is 17.4 Å². The Morgan fingerprint density at radius 3 is 2.55 bits per heavy atom. The summed E-state index contributed by atoms with van der Waals surface area (Å²) in [4.78, 5) is 14.5. The van der Waals surface area contributed by atoms with Gasteiger partial charge in [-0.15, -0.1) is 0 Å². The first-order chi connectivity index (χ1) is 10.6. The monoisotopic (exact) mass is 311 g/mol. The largest absolute Gasteiger partial charge is 0.393 e. The van der Waals surface area contributed by atoms with Gasteiger partial charge in [0.15, 0.2) is 0 Å². The molecule has 22 heavy (non-hydrogen) atoms. The van der Waals surface area contributed by atoms with Gasteiger partial charge in [0.2, 0.25) is 5.91 Å². The summed E-state index contributed by atoms with van der Waals surface area (Å²) < 4.78 is 0. The minimum Gasteiger partial charge on any atom is -0.393 e. The highest BCUT2D eigenvalue weighted by Crippen LogP contribution is 2.38. The van der Waals surface area contributed by atoms with Crippen LogP contribution in [-0.4, -0.2) is 54.7 Å². The molecule has 0 aromatic rings. The molecule has 2 aliphatic rings. The van der Waals surface area contributed by atoms with E-state index < -0.39 is 0 Å². The lowest BCUT2D eigenvalue weighted by Crippen LogP contribution is -2.40. The molecule has 1 heterocycles. The molecule has 5 heteroatoms. The first-order valence-corrected chi connectivity index (χ1v) is 9.01. The van der Waals surface area contributed by atoms with Crippen molar-refractivity contribution in [1.29, 1.82) is 0 Å². The molecule has 2 rings (SSSR count). The van der Waals surface area contributed by atoms with Crippen LogP contribution in [0.15, 0.2) is 0 Å². The number of carbonyl (C=O) groups excluding carboxylic acids is 1. The predicted molar refractivity (Wildman–Crippen MR) is 88.5 cm³/mol. The van der Waals surface area contributed by atoms with Gasteiger partial charge >= 0.3 is 0 Å². The fourth-order valence-electron chi connectivity index (χ4n) is 3.83. The van der Waals surface area contributed by atoms with E-state index in [1.807, 2.05) is 0 Å². The molecule has 0 bridgehead atoms. The Balaban J connectivity index is 1.59. The molecule has 0 aromatic heterocycles. The smallest absolute Gasteiger partial charge is 0.220 e. The molecule has 4 N–H and O–H groups in total. The van der Waals surface area contributed by atoms with Gasteiger partial charge < -0.3 is 21.1 Å². The number of likely N-dealkylation sites (tertiary alicyclic amines) is 1. The average molecular weight is 311 g/mol. The topological polar surface area (TPSA) is 78.6 Å². The Morgan fingerprint density at radius 2 is 1.91 bits per heavy atom. The van der Waals surface area contributed by atoms with Crippen LogP contribution < -0.4 is 11.1 Å². The standard InChI is InChI=1S/C17H33N3O2/c18-14-17(7-2-1-3-8-17)13-16(22)19-9-4-10-20-11-5-15(21)6-12-20/h15,21H,1-14,18H2,(H,19,22). The molecule has 1 aliphatic carbocycles. The van der Waals surface area contributed by atoms with Crippen molar-refractivity contribution < 1.29 is 9.90 Å². The van der Waals surface area contributed by atoms with Crippen LogP contribution in [0.5, 0.6) is 0 Å². The number of aliphatic hydroxyl groups is 1. The number of hydrogen-bond acceptors (Lipinski definition) is 4. The highest BCUT2D eigenvalue weighted by atomic mass is 16.3. The van der Waals surface area contributed by atoms with Crippen LogP contribution in [-0.2, 0) is 4.79 Å². The van der Waals surface area contributed by atoms with Crippen molar-refractivity contribution in [3.05, 3.63) is 0 Å². The predicted octanol–water partition coefficient (Wildman–Crippen LogP) is 1.25. The third-order valence-electron chi connectivity index (χ3n) is 5.41. The van der Waals surface area contributed by atoms with Crippen molar-refractivity contribution in [2.45, 2.75) is 63.9 Å². The Morgan fingerprint density at radius 1 is 1.23 bits per heavy atom. The molecule has 0 atom stereocenters. The van der Waals surface area contributed by atoms with Crippen molar-refractivity contribution in [3.8, 4) is 0 Å². The van der Waals surface area contributed by atoms with Crippen LogP contribution in [0.3, 0.4) is 0 Å². The maximum absolute atomic E-state index is 12.2. The lowest BCUT2D eigenvalue weighted by atomic mass is 9.71. The van der Waals surface area contributed by atoms with E-state index in [9.17, 15) is 9.90 Å². The molecule has 0 unspecified atom stereocenters. The van der Waals surface area contributed by atoms with Crippen LogP contribution in [0, 0.1) is 5.41 Å². The van der Waals surface area contributed by atoms with E-state index >= 15 is 0 Å². The summed E-state index contributed by atoms with van der Waals surface area (Å²) >= 11 is 0. The summed E-state index contributed by atoms with van der Waals surface area (Å²) in [6.07, 6.45) is 9.15. The zero-order valence-electron chi connectivity index (χ0n) is 13.9. The van der Waals surface area contributed by atoms with E-state index in [0.29, 0.717) is 13.0 Å². The molecule has 2 fully saturated rings. The summed E-state index contributed by atoms with van der Waals surface area (Å²) in [5.41, 5.74) is 6.00. The van der Waals surface area contributed by atoms with E-state index in [1.54, 1.807) is 0 Å². The number of nitrogens with one attached hydrogen (secondary N) is 1. The van der Waals surface area contributed by atoms with Crippen LogP contribution in [0.25, 0.3) is 0 Å². The lowest BCUT2D eigenvalue weighted by molar-refractivity contribution is -0.123. The molecule has 0 aromatic carbocycles. The van der Waals surface area contributed by atoms with Gasteiger partial charge in [-0.3, -0.25) is 4.79 Å². The maximum Gasteiger partial charge on any atom is 0.220 e. The zero-order chi connectivity index (χ0) is 15.8. The molecule has 1 amide bonds. The van der Waals surface area contributed by atoms with Gasteiger partial charge in [-0.25, -0.2) is 0 Å². The minimum atomic E-state index is -0.112. The number of piperidine rings is 1. The normalized spacial score (nSPS) is 23.4. The highest BCUT2D eigenvalue weighted by molar-refractivity contribution is 5.76. The van der Waals surface area contributed by atoms with Crippen molar-refractivity contribution >= 4 is 5.91 Å². The van der Waals surface area contributed by atoms with E-state index in [0.717, 1.165) is 58.3 Å². The molecular weight excluding hydrogens is 278 g/mol. The first kappa shape index (κ1) is 17.7. The maximum atomic E-state index is 12.2. The summed E-state index contributed by atoms with van der Waals surface area (Å²) in [5.74, 6) is 0.168. The molecule has 1 aliphatic heterocycles. The Kier molecular flexibility index (Phi) is 7.12. The van der Waals surface area contributed by atoms with Crippen LogP contribution in [0.1, 0.15) is 57.8 Å². The number of nitrogens with two attached hydrogens (primary N) is 1. The molecule has 128 valence electrons. The SMILES string of the molecule is NCC1(CC(=O)NCCCN2CCC(O)CC2)CCCCC1. The number of aliphatic hydroxyl groups excluding tert-OH is 1. The fraction of sp³-hybridized carbons (Fsp3) is 0.941. The van der Waals surface area contributed by atoms with Gasteiger partial charge in [0, 0.05) is 26.1 Å². The Bertz CT molecular complexity index is 335. The van der Waals surface area contributed by atoms with Crippen molar-refractivity contribution in [2.24, 2.45) is 11.1 Å². The Hall–Kier alpha value is -0.650. The van der Waals surface area contributed by atoms with Crippen molar-refractivity contribution in [3.63, 3.8) is 0 Å². The second-order valence-electron chi connectivity index (χ2n) is 7.22. The molecule has 1 saturated carbocycles. The molecule has 1 saturated heterocycles. The van der Waals surface area contributed by atoms with Gasteiger partial charge in [-0.05, 0) is 50.6 Å².